The SMILES string of the molecule is CC(=O)/C(=C(/C)[O-])c1ccc(NC=O)cc1.CC(=O)/C(=C(/C)[O-])c1ccc(NC=O)cc1.[Cu+2]. The third-order valence-electron chi connectivity index (χ3n) is 4.21. The third-order valence-corrected chi connectivity index (χ3v) is 4.21. The van der Waals surface area contributed by atoms with Crippen molar-refractivity contribution in [3.8, 4) is 0 Å². The Hall–Kier alpha value is -3.68. The molecule has 0 aliphatic carbocycles. The van der Waals surface area contributed by atoms with Crippen LogP contribution in [0.15, 0.2) is 60.0 Å². The maximum absolute atomic E-state index is 11.3. The van der Waals surface area contributed by atoms with Gasteiger partial charge in [0.1, 0.15) is 0 Å². The smallest absolute Gasteiger partial charge is 0.875 e. The maximum atomic E-state index is 11.3. The van der Waals surface area contributed by atoms with Crippen molar-refractivity contribution in [2.75, 3.05) is 10.6 Å². The molecule has 2 aromatic rings. The largest absolute Gasteiger partial charge is 2.00 e. The van der Waals surface area contributed by atoms with Gasteiger partial charge in [-0.2, -0.15) is 0 Å². The molecule has 8 nitrogen and oxygen atoms in total. The van der Waals surface area contributed by atoms with E-state index in [0.29, 0.717) is 35.3 Å². The zero-order valence-electron chi connectivity index (χ0n) is 18.5. The van der Waals surface area contributed by atoms with Crippen LogP contribution in [0.3, 0.4) is 0 Å². The average Bonchev–Trinajstić information content (AvgIpc) is 2.71. The Morgan fingerprint density at radius 3 is 1.09 bits per heavy atom. The third kappa shape index (κ3) is 9.14. The van der Waals surface area contributed by atoms with Crippen molar-refractivity contribution in [2.24, 2.45) is 0 Å². The van der Waals surface area contributed by atoms with E-state index in [4.69, 9.17) is 0 Å². The summed E-state index contributed by atoms with van der Waals surface area (Å²) in [5, 5.41) is 27.5. The summed E-state index contributed by atoms with van der Waals surface area (Å²) in [6.07, 6.45) is 1.13. The Morgan fingerprint density at radius 2 is 0.909 bits per heavy atom. The van der Waals surface area contributed by atoms with Crippen LogP contribution in [0.1, 0.15) is 38.8 Å². The fourth-order valence-corrected chi connectivity index (χ4v) is 2.91. The summed E-state index contributed by atoms with van der Waals surface area (Å²) in [6, 6.07) is 13.1. The Balaban J connectivity index is 0.000000602. The summed E-state index contributed by atoms with van der Waals surface area (Å²) >= 11 is 0. The minimum absolute atomic E-state index is 0. The fourth-order valence-electron chi connectivity index (χ4n) is 2.91. The van der Waals surface area contributed by atoms with Crippen LogP contribution < -0.4 is 20.8 Å². The minimum Gasteiger partial charge on any atom is -0.875 e. The second kappa shape index (κ2) is 14.4. The number of amides is 2. The van der Waals surface area contributed by atoms with Crippen molar-refractivity contribution in [2.45, 2.75) is 27.7 Å². The molecule has 0 aliphatic rings. The number of hydrogen-bond donors (Lipinski definition) is 2. The number of benzene rings is 2. The zero-order chi connectivity index (χ0) is 24.3. The number of allylic oxidation sites excluding steroid dienone is 4. The van der Waals surface area contributed by atoms with E-state index < -0.39 is 0 Å². The van der Waals surface area contributed by atoms with Gasteiger partial charge in [0.2, 0.25) is 12.8 Å². The van der Waals surface area contributed by atoms with E-state index in [9.17, 15) is 29.4 Å². The molecule has 0 fully saturated rings. The number of rotatable bonds is 8. The van der Waals surface area contributed by atoms with Crippen LogP contribution in [-0.2, 0) is 36.2 Å². The van der Waals surface area contributed by atoms with Gasteiger partial charge in [-0.3, -0.25) is 19.2 Å². The van der Waals surface area contributed by atoms with Crippen molar-refractivity contribution in [1.82, 2.24) is 0 Å². The Kier molecular flexibility index (Phi) is 12.8. The first-order valence-corrected chi connectivity index (χ1v) is 9.51. The Morgan fingerprint density at radius 1 is 0.636 bits per heavy atom. The van der Waals surface area contributed by atoms with E-state index in [1.807, 2.05) is 0 Å². The molecule has 0 aromatic heterocycles. The van der Waals surface area contributed by atoms with Crippen LogP contribution in [0.5, 0.6) is 0 Å². The monoisotopic (exact) mass is 499 g/mol. The molecule has 0 aliphatic heterocycles. The molecule has 0 atom stereocenters. The van der Waals surface area contributed by atoms with Gasteiger partial charge in [0, 0.05) is 22.5 Å². The fraction of sp³-hybridized carbons (Fsp3) is 0.167. The number of anilines is 2. The van der Waals surface area contributed by atoms with E-state index in [1.54, 1.807) is 48.5 Å². The van der Waals surface area contributed by atoms with E-state index >= 15 is 0 Å². The minimum atomic E-state index is -0.261. The summed E-state index contributed by atoms with van der Waals surface area (Å²) in [5.41, 5.74) is 2.72. The van der Waals surface area contributed by atoms with Crippen molar-refractivity contribution in [3.63, 3.8) is 0 Å². The van der Waals surface area contributed by atoms with Crippen LogP contribution >= 0.6 is 0 Å². The normalized spacial score (nSPS) is 11.3. The molecule has 177 valence electrons. The van der Waals surface area contributed by atoms with E-state index in [0.717, 1.165) is 0 Å². The summed E-state index contributed by atoms with van der Waals surface area (Å²) < 4.78 is 0. The van der Waals surface area contributed by atoms with E-state index in [-0.39, 0.29) is 51.3 Å². The first-order chi connectivity index (χ1) is 15.1. The number of carbonyl (C=O) groups excluding carboxylic acids is 4. The molecule has 0 saturated carbocycles. The number of hydrogen-bond acceptors (Lipinski definition) is 6. The summed E-state index contributed by atoms with van der Waals surface area (Å²) in [7, 11) is 0. The van der Waals surface area contributed by atoms with Gasteiger partial charge < -0.3 is 20.8 Å². The quantitative estimate of drug-likeness (QED) is 0.246. The predicted molar refractivity (Wildman–Crippen MR) is 119 cm³/mol. The molecule has 9 heteroatoms. The average molecular weight is 500 g/mol. The van der Waals surface area contributed by atoms with Gasteiger partial charge in [-0.1, -0.05) is 38.1 Å². The summed E-state index contributed by atoms with van der Waals surface area (Å²) in [4.78, 5) is 42.9. The Bertz CT molecular complexity index is 948. The van der Waals surface area contributed by atoms with Crippen LogP contribution in [0.25, 0.3) is 11.1 Å². The molecule has 0 spiro atoms. The van der Waals surface area contributed by atoms with Gasteiger partial charge in [0.15, 0.2) is 11.6 Å². The van der Waals surface area contributed by atoms with Crippen LogP contribution in [-0.4, -0.2) is 24.4 Å². The number of carbonyl (C=O) groups is 4. The van der Waals surface area contributed by atoms with Gasteiger partial charge >= 0.3 is 17.1 Å². The zero-order valence-corrected chi connectivity index (χ0v) is 19.5. The maximum Gasteiger partial charge on any atom is 2.00 e. The second-order valence-electron chi connectivity index (χ2n) is 6.65. The van der Waals surface area contributed by atoms with Gasteiger partial charge in [0.25, 0.3) is 0 Å². The molecular weight excluding hydrogens is 476 g/mol. The van der Waals surface area contributed by atoms with Crippen molar-refractivity contribution < 1.29 is 46.5 Å². The topological polar surface area (TPSA) is 138 Å². The molecule has 2 N–H and O–H groups in total. The van der Waals surface area contributed by atoms with Gasteiger partial charge in [-0.05, 0) is 49.2 Å². The number of ketones is 2. The van der Waals surface area contributed by atoms with Crippen LogP contribution in [0.2, 0.25) is 0 Å². The molecule has 0 saturated heterocycles. The second-order valence-corrected chi connectivity index (χ2v) is 6.65. The van der Waals surface area contributed by atoms with E-state index in [2.05, 4.69) is 10.6 Å². The molecule has 2 aromatic carbocycles. The van der Waals surface area contributed by atoms with Crippen LogP contribution in [0, 0.1) is 0 Å². The van der Waals surface area contributed by atoms with Crippen molar-refractivity contribution in [1.29, 1.82) is 0 Å². The van der Waals surface area contributed by atoms with Gasteiger partial charge in [0.05, 0.1) is 0 Å². The first-order valence-electron chi connectivity index (χ1n) is 9.51. The standard InChI is InChI=1S/2C12H13NO3.Cu/c2*1-8(15)12(9(2)16)10-3-5-11(6-4-10)13-7-14;/h2*3-7,15H,1-2H3,(H,13,14);/q;;+2/p-2/b2*12-8+;. The summed E-state index contributed by atoms with van der Waals surface area (Å²) in [5.74, 6) is -1.04. The van der Waals surface area contributed by atoms with Crippen molar-refractivity contribution in [3.05, 3.63) is 71.2 Å². The van der Waals surface area contributed by atoms with Gasteiger partial charge in [-0.25, -0.2) is 0 Å². The first kappa shape index (κ1) is 29.3. The molecule has 1 radical (unpaired) electrons. The summed E-state index contributed by atoms with van der Waals surface area (Å²) in [6.45, 7) is 5.42. The van der Waals surface area contributed by atoms with Crippen molar-refractivity contribution >= 4 is 46.9 Å². The molecule has 2 amide bonds. The molecule has 0 heterocycles. The predicted octanol–water partition coefficient (Wildman–Crippen LogP) is 1.87. The number of nitrogens with one attached hydrogen (secondary N) is 2. The molecule has 33 heavy (non-hydrogen) atoms. The number of Topliss-reactive ketones (excluding diaryl/α,β-unsaturated/α-hetero) is 2. The van der Waals surface area contributed by atoms with Gasteiger partial charge in [-0.15, -0.1) is 11.5 Å². The molecule has 2 rings (SSSR count). The van der Waals surface area contributed by atoms with Crippen LogP contribution in [0.4, 0.5) is 11.4 Å². The molecule has 0 bridgehead atoms. The molecular formula is C24H24CuN2O6. The Labute approximate surface area is 202 Å². The van der Waals surface area contributed by atoms with E-state index in [1.165, 1.54) is 27.7 Å². The molecule has 0 unspecified atom stereocenters.